The van der Waals surface area contributed by atoms with Crippen molar-refractivity contribution in [1.29, 1.82) is 0 Å². The standard InChI is InChI=1S/C41H53ClFN3O6S/c1-24-19-45(20-25(2)52-24)14-15-50-39-31-16-30(17-31)26(3)27(4)53(48,49)44-40(47)28-8-12-37-36(18-28)46(21-29-7-9-32(29)39)22-41(23-51-37)13-5-6-33-34(41)10-11-35(42)38(33)43/h8,10-12,16,18,24-27,29-30,32,39H,5-7,9,13-15,17,19-23H2,1-4H3,(H,44,47)/t24-,25+,26-,27-,29+,30?,32-,39+,41+/m1/s1. The van der Waals surface area contributed by atoms with Gasteiger partial charge in [-0.1, -0.05) is 30.7 Å². The van der Waals surface area contributed by atoms with Crippen LogP contribution in [0.2, 0.25) is 5.02 Å². The molecule has 1 unspecified atom stereocenters. The number of ether oxygens (including phenoxy) is 3. The van der Waals surface area contributed by atoms with Gasteiger partial charge in [0.2, 0.25) is 10.0 Å². The number of sulfonamides is 1. The Morgan fingerprint density at radius 3 is 2.58 bits per heavy atom. The van der Waals surface area contributed by atoms with Gasteiger partial charge >= 0.3 is 0 Å². The second-order valence-electron chi connectivity index (χ2n) is 16.8. The molecule has 0 aromatic heterocycles. The van der Waals surface area contributed by atoms with Gasteiger partial charge in [-0.15, -0.1) is 0 Å². The Morgan fingerprint density at radius 2 is 1.85 bits per heavy atom. The van der Waals surface area contributed by atoms with Crippen molar-refractivity contribution in [3.8, 4) is 5.75 Å². The van der Waals surface area contributed by atoms with Gasteiger partial charge in [0.05, 0.1) is 47.5 Å². The van der Waals surface area contributed by atoms with E-state index in [-0.39, 0.29) is 46.6 Å². The number of anilines is 1. The number of hydrogen-bond acceptors (Lipinski definition) is 8. The maximum atomic E-state index is 15.5. The van der Waals surface area contributed by atoms with Crippen LogP contribution in [0.5, 0.6) is 5.75 Å². The summed E-state index contributed by atoms with van der Waals surface area (Å²) >= 11 is 6.28. The van der Waals surface area contributed by atoms with E-state index in [0.717, 1.165) is 63.0 Å². The molecule has 9 rings (SSSR count). The van der Waals surface area contributed by atoms with Crippen LogP contribution in [0, 0.1) is 29.5 Å². The van der Waals surface area contributed by atoms with Crippen molar-refractivity contribution >= 4 is 33.2 Å². The maximum Gasteiger partial charge on any atom is 0.264 e. The lowest BCUT2D eigenvalue weighted by molar-refractivity contribution is -0.0820. The van der Waals surface area contributed by atoms with Crippen LogP contribution in [0.3, 0.4) is 0 Å². The molecule has 288 valence electrons. The van der Waals surface area contributed by atoms with Gasteiger partial charge in [-0.05, 0) is 124 Å². The molecule has 2 fully saturated rings. The monoisotopic (exact) mass is 769 g/mol. The van der Waals surface area contributed by atoms with Crippen molar-refractivity contribution in [1.82, 2.24) is 9.62 Å². The fourth-order valence-electron chi connectivity index (χ4n) is 10.0. The zero-order chi connectivity index (χ0) is 37.2. The lowest BCUT2D eigenvalue weighted by atomic mass is 9.64. The highest BCUT2D eigenvalue weighted by atomic mass is 35.5. The van der Waals surface area contributed by atoms with E-state index in [1.54, 1.807) is 31.2 Å². The van der Waals surface area contributed by atoms with Gasteiger partial charge in [0.1, 0.15) is 11.6 Å². The molecule has 1 spiro atoms. The highest BCUT2D eigenvalue weighted by Gasteiger charge is 2.47. The van der Waals surface area contributed by atoms with E-state index < -0.39 is 26.6 Å². The van der Waals surface area contributed by atoms with Crippen LogP contribution in [0.25, 0.3) is 0 Å². The molecule has 1 N–H and O–H groups in total. The summed E-state index contributed by atoms with van der Waals surface area (Å²) in [7, 11) is -3.97. The van der Waals surface area contributed by atoms with Crippen LogP contribution in [0.1, 0.15) is 81.3 Å². The zero-order valence-electron chi connectivity index (χ0n) is 31.3. The summed E-state index contributed by atoms with van der Waals surface area (Å²) in [6.07, 6.45) is 7.68. The maximum absolute atomic E-state index is 15.5. The molecule has 7 aliphatic rings. The summed E-state index contributed by atoms with van der Waals surface area (Å²) in [5.41, 5.74) is 3.36. The Balaban J connectivity index is 1.15. The second-order valence-corrected chi connectivity index (χ2v) is 19.3. The third-order valence-electron chi connectivity index (χ3n) is 13.3. The summed E-state index contributed by atoms with van der Waals surface area (Å²) in [4.78, 5) is 18.4. The van der Waals surface area contributed by atoms with Crippen LogP contribution in [0.15, 0.2) is 42.0 Å². The number of morpholine rings is 1. The minimum absolute atomic E-state index is 0.0535. The Labute approximate surface area is 318 Å². The van der Waals surface area contributed by atoms with E-state index in [0.29, 0.717) is 55.9 Å². The van der Waals surface area contributed by atoms with Crippen molar-refractivity contribution in [2.24, 2.45) is 23.7 Å². The number of allylic oxidation sites excluding steroid dienone is 1. The summed E-state index contributed by atoms with van der Waals surface area (Å²) in [6, 6.07) is 8.81. The first kappa shape index (κ1) is 37.2. The van der Waals surface area contributed by atoms with Crippen LogP contribution in [-0.4, -0.2) is 88.7 Å². The van der Waals surface area contributed by atoms with Crippen LogP contribution in [0.4, 0.5) is 10.1 Å². The molecule has 9 nitrogen and oxygen atoms in total. The molecule has 12 heteroatoms. The van der Waals surface area contributed by atoms with Crippen LogP contribution >= 0.6 is 11.6 Å². The molecule has 0 radical (unpaired) electrons. The lowest BCUT2D eigenvalue weighted by Gasteiger charge is -2.49. The minimum atomic E-state index is -3.97. The molecular formula is C41H53ClFN3O6S. The number of carbonyl (C=O) groups excluding carboxylic acids is 1. The summed E-state index contributed by atoms with van der Waals surface area (Å²) in [5, 5.41) is -0.643. The number of halogens is 2. The molecular weight excluding hydrogens is 717 g/mol. The largest absolute Gasteiger partial charge is 0.490 e. The number of nitrogens with zero attached hydrogens (tertiary/aromatic N) is 2. The number of fused-ring (bicyclic) bond motifs is 6. The van der Waals surface area contributed by atoms with E-state index >= 15 is 4.39 Å². The SMILES string of the molecule is C[C@@H]1CN(CCO[C@H]2C3=CC(C3)[C@H](C)[C@@H](C)S(=O)(=O)NC(=O)c3ccc4c(c3)N(C[C@@H]3CC[C@H]32)C[C@@]2(CCCc3c2ccc(Cl)c3F)CO4)C[C@H](C)O1. The smallest absolute Gasteiger partial charge is 0.264 e. The molecule has 4 bridgehead atoms. The summed E-state index contributed by atoms with van der Waals surface area (Å²) in [5.74, 6) is 0.135. The Hall–Kier alpha value is -2.70. The van der Waals surface area contributed by atoms with Gasteiger partial charge in [0, 0.05) is 43.7 Å². The van der Waals surface area contributed by atoms with Crippen molar-refractivity contribution in [2.75, 3.05) is 50.8 Å². The van der Waals surface area contributed by atoms with Crippen molar-refractivity contribution < 1.29 is 31.8 Å². The molecule has 1 saturated carbocycles. The molecule has 3 aliphatic carbocycles. The third-order valence-corrected chi connectivity index (χ3v) is 15.5. The molecule has 1 saturated heterocycles. The van der Waals surface area contributed by atoms with Crippen molar-refractivity contribution in [3.05, 3.63) is 69.5 Å². The molecule has 1 amide bonds. The lowest BCUT2D eigenvalue weighted by Crippen LogP contribution is -2.51. The minimum Gasteiger partial charge on any atom is -0.490 e. The normalized spacial score (nSPS) is 35.4. The van der Waals surface area contributed by atoms with Gasteiger partial charge in [-0.3, -0.25) is 9.69 Å². The van der Waals surface area contributed by atoms with E-state index in [9.17, 15) is 13.2 Å². The van der Waals surface area contributed by atoms with E-state index in [4.69, 9.17) is 25.8 Å². The number of rotatable bonds is 4. The van der Waals surface area contributed by atoms with E-state index in [1.165, 1.54) is 5.57 Å². The van der Waals surface area contributed by atoms with Crippen LogP contribution < -0.4 is 14.4 Å². The predicted molar refractivity (Wildman–Crippen MR) is 204 cm³/mol. The molecule has 2 aromatic rings. The molecule has 4 heterocycles. The highest BCUT2D eigenvalue weighted by Crippen LogP contribution is 2.50. The van der Waals surface area contributed by atoms with Crippen molar-refractivity contribution in [2.45, 2.75) is 95.2 Å². The Bertz CT molecular complexity index is 1880. The summed E-state index contributed by atoms with van der Waals surface area (Å²) < 4.78 is 64.6. The Kier molecular flexibility index (Phi) is 10.1. The fourth-order valence-corrected chi connectivity index (χ4v) is 11.6. The number of amides is 1. The van der Waals surface area contributed by atoms with Crippen LogP contribution in [-0.2, 0) is 31.3 Å². The third kappa shape index (κ3) is 7.03. The molecule has 53 heavy (non-hydrogen) atoms. The average molecular weight is 770 g/mol. The van der Waals surface area contributed by atoms with Crippen molar-refractivity contribution in [3.63, 3.8) is 0 Å². The first-order chi connectivity index (χ1) is 25.3. The number of hydrogen-bond donors (Lipinski definition) is 1. The zero-order valence-corrected chi connectivity index (χ0v) is 32.9. The highest BCUT2D eigenvalue weighted by molar-refractivity contribution is 7.90. The Morgan fingerprint density at radius 1 is 1.08 bits per heavy atom. The number of nitrogens with one attached hydrogen (secondary N) is 1. The fraction of sp³-hybridized carbons (Fsp3) is 0.634. The van der Waals surface area contributed by atoms with Gasteiger partial charge in [-0.25, -0.2) is 17.5 Å². The predicted octanol–water partition coefficient (Wildman–Crippen LogP) is 6.52. The molecule has 2 aromatic carbocycles. The number of carbonyl (C=O) groups is 1. The quantitative estimate of drug-likeness (QED) is 0.352. The number of benzene rings is 2. The van der Waals surface area contributed by atoms with Gasteiger partial charge in [-0.2, -0.15) is 0 Å². The average Bonchev–Trinajstić information content (AvgIpc) is 3.23. The van der Waals surface area contributed by atoms with Gasteiger partial charge in [0.15, 0.2) is 0 Å². The first-order valence-corrected chi connectivity index (χ1v) is 21.5. The first-order valence-electron chi connectivity index (χ1n) is 19.6. The molecule has 4 aliphatic heterocycles. The van der Waals surface area contributed by atoms with E-state index in [1.807, 2.05) is 13.0 Å². The molecule has 9 atom stereocenters. The summed E-state index contributed by atoms with van der Waals surface area (Å²) in [6.45, 7) is 12.7. The second kappa shape index (κ2) is 14.4. The van der Waals surface area contributed by atoms with Gasteiger partial charge < -0.3 is 19.1 Å². The topological polar surface area (TPSA) is 97.4 Å². The van der Waals surface area contributed by atoms with Gasteiger partial charge in [0.25, 0.3) is 5.91 Å². The van der Waals surface area contributed by atoms with E-state index in [2.05, 4.69) is 34.4 Å².